The summed E-state index contributed by atoms with van der Waals surface area (Å²) in [6.45, 7) is 5.72. The van der Waals surface area contributed by atoms with Gasteiger partial charge in [-0.05, 0) is 52.1 Å². The zero-order valence-corrected chi connectivity index (χ0v) is 13.0. The Kier molecular flexibility index (Phi) is 3.92. The van der Waals surface area contributed by atoms with Crippen molar-refractivity contribution in [1.82, 2.24) is 15.2 Å². The molecular weight excluding hydrogens is 254 g/mol. The minimum absolute atomic E-state index is 0.164. The van der Waals surface area contributed by atoms with Crippen LogP contribution in [0.1, 0.15) is 48.2 Å². The van der Waals surface area contributed by atoms with Gasteiger partial charge >= 0.3 is 0 Å². The molecule has 2 aliphatic rings. The maximum absolute atomic E-state index is 5.00. The largest absolute Gasteiger partial charge is 0.306 e. The minimum Gasteiger partial charge on any atom is -0.306 e. The maximum Gasteiger partial charge on any atom is 0.113 e. The summed E-state index contributed by atoms with van der Waals surface area (Å²) in [5.74, 6) is 0. The van der Waals surface area contributed by atoms with Crippen LogP contribution in [0.3, 0.4) is 0 Å². The van der Waals surface area contributed by atoms with Gasteiger partial charge in [0.25, 0.3) is 0 Å². The van der Waals surface area contributed by atoms with E-state index in [-0.39, 0.29) is 5.54 Å². The van der Waals surface area contributed by atoms with Crippen LogP contribution in [0.25, 0.3) is 0 Å². The number of likely N-dealkylation sites (tertiary alicyclic amines) is 1. The van der Waals surface area contributed by atoms with Gasteiger partial charge in [0.1, 0.15) is 5.01 Å². The fourth-order valence-corrected chi connectivity index (χ4v) is 4.60. The van der Waals surface area contributed by atoms with Gasteiger partial charge in [-0.2, -0.15) is 0 Å². The Morgan fingerprint density at radius 1 is 1.32 bits per heavy atom. The molecular formula is C15H25N3S. The number of aromatic nitrogens is 1. The standard InChI is InChI=1S/C15H25N3S/c1-3-9-16-15(7-10-18(2)11-8-15)14-17-12-5-4-6-13(12)19-14/h16H,3-11H2,1-2H3. The van der Waals surface area contributed by atoms with Crippen LogP contribution in [0.5, 0.6) is 0 Å². The number of nitrogens with zero attached hydrogens (tertiary/aromatic N) is 2. The molecule has 0 bridgehead atoms. The van der Waals surface area contributed by atoms with Gasteiger partial charge in [0.2, 0.25) is 0 Å². The van der Waals surface area contributed by atoms with Crippen molar-refractivity contribution in [3.05, 3.63) is 15.6 Å². The molecule has 2 heterocycles. The molecule has 1 aromatic rings. The van der Waals surface area contributed by atoms with E-state index in [2.05, 4.69) is 24.2 Å². The maximum atomic E-state index is 5.00. The van der Waals surface area contributed by atoms with Crippen molar-refractivity contribution in [2.45, 2.75) is 51.0 Å². The normalized spacial score (nSPS) is 22.6. The summed E-state index contributed by atoms with van der Waals surface area (Å²) in [5.41, 5.74) is 1.56. The van der Waals surface area contributed by atoms with Crippen molar-refractivity contribution in [2.24, 2.45) is 0 Å². The van der Waals surface area contributed by atoms with Crippen LogP contribution in [-0.2, 0) is 18.4 Å². The van der Waals surface area contributed by atoms with Gasteiger partial charge < -0.3 is 10.2 Å². The van der Waals surface area contributed by atoms with Crippen LogP contribution in [0.4, 0.5) is 0 Å². The van der Waals surface area contributed by atoms with Crippen LogP contribution in [0, 0.1) is 0 Å². The predicted octanol–water partition coefficient (Wildman–Crippen LogP) is 2.55. The number of nitrogens with one attached hydrogen (secondary N) is 1. The molecule has 1 N–H and O–H groups in total. The molecule has 0 unspecified atom stereocenters. The topological polar surface area (TPSA) is 28.2 Å². The van der Waals surface area contributed by atoms with Gasteiger partial charge in [0.05, 0.1) is 11.2 Å². The second-order valence-electron chi connectivity index (χ2n) is 6.05. The van der Waals surface area contributed by atoms with E-state index in [4.69, 9.17) is 4.98 Å². The van der Waals surface area contributed by atoms with Crippen molar-refractivity contribution < 1.29 is 0 Å². The van der Waals surface area contributed by atoms with Crippen molar-refractivity contribution in [3.8, 4) is 0 Å². The number of piperidine rings is 1. The molecule has 19 heavy (non-hydrogen) atoms. The molecule has 0 atom stereocenters. The monoisotopic (exact) mass is 279 g/mol. The lowest BCUT2D eigenvalue weighted by atomic mass is 9.88. The second kappa shape index (κ2) is 5.51. The first-order chi connectivity index (χ1) is 9.23. The lowest BCUT2D eigenvalue weighted by Gasteiger charge is -2.40. The van der Waals surface area contributed by atoms with E-state index in [0.717, 1.165) is 6.54 Å². The van der Waals surface area contributed by atoms with Gasteiger partial charge in [0, 0.05) is 18.0 Å². The lowest BCUT2D eigenvalue weighted by Crippen LogP contribution is -2.50. The summed E-state index contributed by atoms with van der Waals surface area (Å²) in [6.07, 6.45) is 7.38. The molecule has 1 fully saturated rings. The number of aryl methyl sites for hydroxylation is 2. The highest BCUT2D eigenvalue weighted by Gasteiger charge is 2.38. The van der Waals surface area contributed by atoms with Crippen LogP contribution in [0.2, 0.25) is 0 Å². The lowest BCUT2D eigenvalue weighted by molar-refractivity contribution is 0.156. The van der Waals surface area contributed by atoms with Gasteiger partial charge in [-0.25, -0.2) is 4.98 Å². The first-order valence-electron chi connectivity index (χ1n) is 7.66. The van der Waals surface area contributed by atoms with Crippen molar-refractivity contribution in [2.75, 3.05) is 26.7 Å². The first kappa shape index (κ1) is 13.5. The molecule has 1 aromatic heterocycles. The summed E-state index contributed by atoms with van der Waals surface area (Å²) in [5, 5.41) is 5.21. The highest BCUT2D eigenvalue weighted by atomic mass is 32.1. The SMILES string of the molecule is CCCNC1(c2nc3c(s2)CCC3)CCN(C)CC1. The Morgan fingerprint density at radius 2 is 2.11 bits per heavy atom. The van der Waals surface area contributed by atoms with E-state index in [1.54, 1.807) is 4.88 Å². The highest BCUT2D eigenvalue weighted by molar-refractivity contribution is 7.12. The number of hydrogen-bond acceptors (Lipinski definition) is 4. The molecule has 3 rings (SSSR count). The molecule has 0 aromatic carbocycles. The van der Waals surface area contributed by atoms with Crippen LogP contribution >= 0.6 is 11.3 Å². The summed E-state index contributed by atoms with van der Waals surface area (Å²) in [7, 11) is 2.23. The number of thiazole rings is 1. The Labute approximate surface area is 120 Å². The third-order valence-electron chi connectivity index (χ3n) is 4.56. The third kappa shape index (κ3) is 2.58. The zero-order valence-electron chi connectivity index (χ0n) is 12.2. The minimum atomic E-state index is 0.164. The third-order valence-corrected chi connectivity index (χ3v) is 5.92. The summed E-state index contributed by atoms with van der Waals surface area (Å²) in [6, 6.07) is 0. The fraction of sp³-hybridized carbons (Fsp3) is 0.800. The summed E-state index contributed by atoms with van der Waals surface area (Å²) in [4.78, 5) is 9.00. The molecule has 0 amide bonds. The first-order valence-corrected chi connectivity index (χ1v) is 8.48. The average molecular weight is 279 g/mol. The van der Waals surface area contributed by atoms with E-state index >= 15 is 0 Å². The number of fused-ring (bicyclic) bond motifs is 1. The molecule has 3 nitrogen and oxygen atoms in total. The molecule has 106 valence electrons. The molecule has 1 aliphatic heterocycles. The number of hydrogen-bond donors (Lipinski definition) is 1. The van der Waals surface area contributed by atoms with Gasteiger partial charge in [-0.1, -0.05) is 6.92 Å². The quantitative estimate of drug-likeness (QED) is 0.918. The Morgan fingerprint density at radius 3 is 2.79 bits per heavy atom. The molecule has 0 saturated carbocycles. The summed E-state index contributed by atoms with van der Waals surface area (Å²) >= 11 is 1.99. The van der Waals surface area contributed by atoms with Gasteiger partial charge in [-0.3, -0.25) is 0 Å². The molecule has 4 heteroatoms. The molecule has 0 spiro atoms. The van der Waals surface area contributed by atoms with Gasteiger partial charge in [0.15, 0.2) is 0 Å². The summed E-state index contributed by atoms with van der Waals surface area (Å²) < 4.78 is 0. The predicted molar refractivity (Wildman–Crippen MR) is 80.8 cm³/mol. The van der Waals surface area contributed by atoms with Gasteiger partial charge in [-0.15, -0.1) is 11.3 Å². The van der Waals surface area contributed by atoms with E-state index in [1.807, 2.05) is 11.3 Å². The Bertz CT molecular complexity index is 406. The smallest absolute Gasteiger partial charge is 0.113 e. The molecule has 1 aliphatic carbocycles. The van der Waals surface area contributed by atoms with E-state index in [0.29, 0.717) is 0 Å². The Hall–Kier alpha value is -0.450. The van der Waals surface area contributed by atoms with Crippen LogP contribution < -0.4 is 5.32 Å². The van der Waals surface area contributed by atoms with E-state index < -0.39 is 0 Å². The molecule has 1 saturated heterocycles. The van der Waals surface area contributed by atoms with Crippen molar-refractivity contribution in [3.63, 3.8) is 0 Å². The zero-order chi connectivity index (χ0) is 13.3. The number of rotatable bonds is 4. The average Bonchev–Trinajstić information content (AvgIpc) is 3.00. The van der Waals surface area contributed by atoms with E-state index in [1.165, 1.54) is 62.3 Å². The van der Waals surface area contributed by atoms with Crippen molar-refractivity contribution in [1.29, 1.82) is 0 Å². The highest BCUT2D eigenvalue weighted by Crippen LogP contribution is 2.38. The van der Waals surface area contributed by atoms with E-state index in [9.17, 15) is 0 Å². The van der Waals surface area contributed by atoms with Crippen molar-refractivity contribution >= 4 is 11.3 Å². The fourth-order valence-electron chi connectivity index (χ4n) is 3.23. The Balaban J connectivity index is 1.85. The molecule has 0 radical (unpaired) electrons. The van der Waals surface area contributed by atoms with Crippen LogP contribution in [-0.4, -0.2) is 36.6 Å². The second-order valence-corrected chi connectivity index (χ2v) is 7.14. The van der Waals surface area contributed by atoms with Crippen LogP contribution in [0.15, 0.2) is 0 Å².